The van der Waals surface area contributed by atoms with E-state index in [1.165, 1.54) is 36.9 Å². The molecule has 2 heteroatoms. The maximum atomic E-state index is 3.70. The summed E-state index contributed by atoms with van der Waals surface area (Å²) in [6, 6.07) is 9.96. The molecule has 19 heavy (non-hydrogen) atoms. The van der Waals surface area contributed by atoms with Crippen LogP contribution < -0.4 is 0 Å². The van der Waals surface area contributed by atoms with Crippen LogP contribution in [0.25, 0.3) is 0 Å². The number of nitrogens with zero attached hydrogens (tertiary/aromatic N) is 1. The van der Waals surface area contributed by atoms with E-state index in [0.717, 1.165) is 12.6 Å². The Kier molecular flexibility index (Phi) is 5.47. The Morgan fingerprint density at radius 2 is 1.89 bits per heavy atom. The van der Waals surface area contributed by atoms with E-state index in [2.05, 4.69) is 65.9 Å². The molecule has 0 N–H and O–H groups in total. The zero-order valence-electron chi connectivity index (χ0n) is 12.4. The molecular formula is C17H26BrN. The third kappa shape index (κ3) is 4.32. The SMILES string of the molecule is CC(Br)CC1CCCN1Cc1ccc(C(C)C)cc1. The second-order valence-electron chi connectivity index (χ2n) is 6.18. The molecule has 1 heterocycles. The van der Waals surface area contributed by atoms with Crippen molar-refractivity contribution >= 4 is 15.9 Å². The van der Waals surface area contributed by atoms with Gasteiger partial charge >= 0.3 is 0 Å². The van der Waals surface area contributed by atoms with Gasteiger partial charge in [0.05, 0.1) is 0 Å². The van der Waals surface area contributed by atoms with Gasteiger partial charge in [-0.1, -0.05) is 61.0 Å². The average molecular weight is 324 g/mol. The van der Waals surface area contributed by atoms with Gasteiger partial charge in [0.2, 0.25) is 0 Å². The molecule has 1 saturated heterocycles. The van der Waals surface area contributed by atoms with Gasteiger partial charge in [-0.3, -0.25) is 4.90 Å². The predicted octanol–water partition coefficient (Wildman–Crippen LogP) is 4.95. The highest BCUT2D eigenvalue weighted by Gasteiger charge is 2.25. The number of halogens is 1. The molecule has 0 amide bonds. The second kappa shape index (κ2) is 6.90. The van der Waals surface area contributed by atoms with Gasteiger partial charge in [-0.15, -0.1) is 0 Å². The van der Waals surface area contributed by atoms with Crippen LogP contribution in [-0.2, 0) is 6.54 Å². The van der Waals surface area contributed by atoms with Crippen LogP contribution in [0.1, 0.15) is 57.1 Å². The van der Waals surface area contributed by atoms with Crippen molar-refractivity contribution in [1.29, 1.82) is 0 Å². The molecule has 0 aliphatic carbocycles. The van der Waals surface area contributed by atoms with Crippen LogP contribution in [-0.4, -0.2) is 22.3 Å². The Morgan fingerprint density at radius 3 is 2.47 bits per heavy atom. The lowest BCUT2D eigenvalue weighted by molar-refractivity contribution is 0.235. The van der Waals surface area contributed by atoms with E-state index in [-0.39, 0.29) is 0 Å². The van der Waals surface area contributed by atoms with Gasteiger partial charge in [0.25, 0.3) is 0 Å². The zero-order valence-corrected chi connectivity index (χ0v) is 14.0. The van der Waals surface area contributed by atoms with Crippen molar-refractivity contribution in [2.24, 2.45) is 0 Å². The number of benzene rings is 1. The highest BCUT2D eigenvalue weighted by molar-refractivity contribution is 9.09. The number of rotatable bonds is 5. The van der Waals surface area contributed by atoms with Crippen molar-refractivity contribution in [3.8, 4) is 0 Å². The van der Waals surface area contributed by atoms with Crippen LogP contribution >= 0.6 is 15.9 Å². The number of alkyl halides is 1. The van der Waals surface area contributed by atoms with Crippen LogP contribution in [0.3, 0.4) is 0 Å². The molecule has 2 atom stereocenters. The summed E-state index contributed by atoms with van der Waals surface area (Å²) in [4.78, 5) is 3.28. The lowest BCUT2D eigenvalue weighted by Crippen LogP contribution is -2.30. The van der Waals surface area contributed by atoms with Crippen LogP contribution in [0.2, 0.25) is 0 Å². The van der Waals surface area contributed by atoms with E-state index in [1.54, 1.807) is 0 Å². The van der Waals surface area contributed by atoms with Gasteiger partial charge in [0, 0.05) is 17.4 Å². The minimum absolute atomic E-state index is 0.626. The van der Waals surface area contributed by atoms with E-state index in [0.29, 0.717) is 10.7 Å². The van der Waals surface area contributed by atoms with E-state index in [9.17, 15) is 0 Å². The molecule has 2 rings (SSSR count). The van der Waals surface area contributed by atoms with E-state index >= 15 is 0 Å². The molecule has 1 fully saturated rings. The van der Waals surface area contributed by atoms with Gasteiger partial charge in [-0.25, -0.2) is 0 Å². The van der Waals surface area contributed by atoms with Crippen LogP contribution in [0.5, 0.6) is 0 Å². The Labute approximate surface area is 126 Å². The fourth-order valence-electron chi connectivity index (χ4n) is 2.99. The molecular weight excluding hydrogens is 298 g/mol. The number of hydrogen-bond donors (Lipinski definition) is 0. The Bertz CT molecular complexity index is 383. The van der Waals surface area contributed by atoms with Gasteiger partial charge < -0.3 is 0 Å². The Hall–Kier alpha value is -0.340. The van der Waals surface area contributed by atoms with Crippen molar-refractivity contribution in [3.05, 3.63) is 35.4 Å². The molecule has 0 aromatic heterocycles. The first-order valence-corrected chi connectivity index (χ1v) is 8.44. The van der Waals surface area contributed by atoms with Gasteiger partial charge in [0.15, 0.2) is 0 Å². The molecule has 0 radical (unpaired) electrons. The quantitative estimate of drug-likeness (QED) is 0.693. The number of likely N-dealkylation sites (tertiary alicyclic amines) is 1. The fraction of sp³-hybridized carbons (Fsp3) is 0.647. The molecule has 1 nitrogen and oxygen atoms in total. The predicted molar refractivity (Wildman–Crippen MR) is 87.0 cm³/mol. The lowest BCUT2D eigenvalue weighted by atomic mass is 10.0. The first-order chi connectivity index (χ1) is 9.06. The highest BCUT2D eigenvalue weighted by atomic mass is 79.9. The molecule has 106 valence electrons. The van der Waals surface area contributed by atoms with Crippen molar-refractivity contribution < 1.29 is 0 Å². The summed E-state index contributed by atoms with van der Waals surface area (Å²) >= 11 is 3.70. The topological polar surface area (TPSA) is 3.24 Å². The van der Waals surface area contributed by atoms with Crippen LogP contribution in [0.4, 0.5) is 0 Å². The van der Waals surface area contributed by atoms with Crippen molar-refractivity contribution in [1.82, 2.24) is 4.90 Å². The van der Waals surface area contributed by atoms with Crippen molar-refractivity contribution in [2.75, 3.05) is 6.54 Å². The standard InChI is InChI=1S/C17H26BrN/c1-13(2)16-8-6-15(7-9-16)12-19-10-4-5-17(19)11-14(3)18/h6-9,13-14,17H,4-5,10-12H2,1-3H3. The average Bonchev–Trinajstić information content (AvgIpc) is 2.76. The van der Waals surface area contributed by atoms with E-state index < -0.39 is 0 Å². The maximum absolute atomic E-state index is 3.70. The largest absolute Gasteiger partial charge is 0.296 e. The third-order valence-corrected chi connectivity index (χ3v) is 4.50. The normalized spacial score (nSPS) is 22.1. The Morgan fingerprint density at radius 1 is 1.21 bits per heavy atom. The Balaban J connectivity index is 1.96. The van der Waals surface area contributed by atoms with E-state index in [1.807, 2.05) is 0 Å². The summed E-state index contributed by atoms with van der Waals surface area (Å²) in [5.74, 6) is 0.628. The molecule has 0 spiro atoms. The second-order valence-corrected chi connectivity index (χ2v) is 7.74. The highest BCUT2D eigenvalue weighted by Crippen LogP contribution is 2.25. The van der Waals surface area contributed by atoms with Crippen molar-refractivity contribution in [3.63, 3.8) is 0 Å². The lowest BCUT2D eigenvalue weighted by Gasteiger charge is -2.25. The monoisotopic (exact) mass is 323 g/mol. The molecule has 1 aromatic rings. The van der Waals surface area contributed by atoms with Crippen LogP contribution in [0.15, 0.2) is 24.3 Å². The van der Waals surface area contributed by atoms with Crippen LogP contribution in [0, 0.1) is 0 Å². The minimum Gasteiger partial charge on any atom is -0.296 e. The van der Waals surface area contributed by atoms with Crippen molar-refractivity contribution in [2.45, 2.75) is 63.4 Å². The molecule has 1 aromatic carbocycles. The van der Waals surface area contributed by atoms with E-state index in [4.69, 9.17) is 0 Å². The summed E-state index contributed by atoms with van der Waals surface area (Å²) in [5.41, 5.74) is 2.90. The molecule has 0 bridgehead atoms. The first kappa shape index (κ1) is 15.1. The molecule has 2 unspecified atom stereocenters. The summed E-state index contributed by atoms with van der Waals surface area (Å²) in [6.45, 7) is 9.14. The number of hydrogen-bond acceptors (Lipinski definition) is 1. The summed E-state index contributed by atoms with van der Waals surface area (Å²) in [7, 11) is 0. The smallest absolute Gasteiger partial charge is 0.0236 e. The van der Waals surface area contributed by atoms with Gasteiger partial charge in [-0.2, -0.15) is 0 Å². The minimum atomic E-state index is 0.626. The fourth-order valence-corrected chi connectivity index (χ4v) is 3.42. The molecule has 0 saturated carbocycles. The third-order valence-electron chi connectivity index (χ3n) is 4.13. The first-order valence-electron chi connectivity index (χ1n) is 7.53. The summed E-state index contributed by atoms with van der Waals surface area (Å²) < 4.78 is 0. The van der Waals surface area contributed by atoms with Gasteiger partial charge in [0.1, 0.15) is 0 Å². The molecule has 1 aliphatic rings. The molecule has 1 aliphatic heterocycles. The zero-order chi connectivity index (χ0) is 13.8. The van der Waals surface area contributed by atoms with Gasteiger partial charge in [-0.05, 0) is 42.9 Å². The summed E-state index contributed by atoms with van der Waals surface area (Å²) in [5, 5.41) is 0. The summed E-state index contributed by atoms with van der Waals surface area (Å²) in [6.07, 6.45) is 3.98. The maximum Gasteiger partial charge on any atom is 0.0236 e.